The molecule has 0 bridgehead atoms. The predicted molar refractivity (Wildman–Crippen MR) is 306 cm³/mol. The molecule has 0 spiro atoms. The summed E-state index contributed by atoms with van der Waals surface area (Å²) in [5.74, 6) is 2.42. The smallest absolute Gasteiger partial charge is 0.137 e. The number of anilines is 4. The van der Waals surface area contributed by atoms with Crippen molar-refractivity contribution in [2.45, 2.75) is 124 Å². The lowest BCUT2D eigenvalue weighted by molar-refractivity contribution is 0.483. The molecular weight excluding hydrogens is 877 g/mol. The Labute approximate surface area is 429 Å². The lowest BCUT2D eigenvalue weighted by Gasteiger charge is -2.32. The van der Waals surface area contributed by atoms with Gasteiger partial charge in [-0.05, 0) is 139 Å². The van der Waals surface area contributed by atoms with Gasteiger partial charge in [-0.15, -0.1) is 0 Å². The van der Waals surface area contributed by atoms with E-state index < -0.39 is 0 Å². The Bertz CT molecular complexity index is 3480. The Kier molecular flexibility index (Phi) is 11.8. The van der Waals surface area contributed by atoms with Gasteiger partial charge in [-0.3, -0.25) is 4.57 Å². The lowest BCUT2D eigenvalue weighted by atomic mass is 9.74. The van der Waals surface area contributed by atoms with Crippen LogP contribution >= 0.6 is 0 Å². The molecule has 0 radical (unpaired) electrons. The Morgan fingerprint density at radius 1 is 0.403 bits per heavy atom. The van der Waals surface area contributed by atoms with E-state index >= 15 is 0 Å². The predicted octanol–water partition coefficient (Wildman–Crippen LogP) is 18.4. The summed E-state index contributed by atoms with van der Waals surface area (Å²) < 4.78 is 9.29. The molecule has 10 rings (SSSR count). The molecule has 0 atom stereocenters. The van der Waals surface area contributed by atoms with Gasteiger partial charge in [-0.25, -0.2) is 4.98 Å². The number of rotatable bonds is 8. The van der Waals surface area contributed by atoms with Gasteiger partial charge in [0.15, 0.2) is 0 Å². The Balaban J connectivity index is 1.08. The van der Waals surface area contributed by atoms with Gasteiger partial charge in [0, 0.05) is 45.9 Å². The zero-order valence-electron chi connectivity index (χ0n) is 45.1. The molecule has 0 fully saturated rings. The summed E-state index contributed by atoms with van der Waals surface area (Å²) in [7, 11) is 0. The van der Waals surface area contributed by atoms with Crippen LogP contribution < -0.4 is 14.5 Å². The fourth-order valence-electron chi connectivity index (χ4n) is 10.6. The van der Waals surface area contributed by atoms with Gasteiger partial charge in [0.05, 0.1) is 22.4 Å². The first-order valence-corrected chi connectivity index (χ1v) is 25.8. The molecule has 1 aliphatic rings. The second-order valence-electron chi connectivity index (χ2n) is 24.8. The van der Waals surface area contributed by atoms with E-state index in [1.165, 1.54) is 67.0 Å². The fourth-order valence-corrected chi connectivity index (χ4v) is 10.6. The minimum atomic E-state index is -0.228. The van der Waals surface area contributed by atoms with Gasteiger partial charge < -0.3 is 14.5 Å². The molecule has 0 saturated heterocycles. The van der Waals surface area contributed by atoms with Crippen LogP contribution in [-0.2, 0) is 27.1 Å². The van der Waals surface area contributed by atoms with Crippen molar-refractivity contribution in [3.05, 3.63) is 203 Å². The van der Waals surface area contributed by atoms with E-state index in [2.05, 4.69) is 275 Å². The zero-order valence-corrected chi connectivity index (χ0v) is 45.1. The van der Waals surface area contributed by atoms with E-state index in [9.17, 15) is 0 Å². The van der Waals surface area contributed by atoms with Gasteiger partial charge in [0.25, 0.3) is 0 Å². The van der Waals surface area contributed by atoms with Crippen LogP contribution in [0.15, 0.2) is 170 Å². The van der Waals surface area contributed by atoms with Crippen molar-refractivity contribution in [2.75, 3.05) is 16.5 Å². The summed E-state index contributed by atoms with van der Waals surface area (Å²) in [6, 6.07) is 60.1. The van der Waals surface area contributed by atoms with Gasteiger partial charge in [-0.2, -0.15) is 0 Å². The number of fused-ring (bicyclic) bond motifs is 4. The average molecular weight is 949 g/mol. The first-order chi connectivity index (χ1) is 33.9. The first kappa shape index (κ1) is 48.5. The van der Waals surface area contributed by atoms with E-state index in [-0.39, 0.29) is 27.1 Å². The average Bonchev–Trinajstić information content (AvgIpc) is 3.88. The monoisotopic (exact) mass is 949 g/mol. The second kappa shape index (κ2) is 17.6. The summed E-state index contributed by atoms with van der Waals surface area (Å²) in [4.78, 5) is 10.1. The summed E-state index contributed by atoms with van der Waals surface area (Å²) in [5, 5.41) is 2.36. The number of aromatic nitrogens is 2. The molecule has 5 nitrogen and oxygen atoms in total. The number of pyridine rings is 1. The molecular formula is C67H72N4O. The van der Waals surface area contributed by atoms with Crippen molar-refractivity contribution in [1.82, 2.24) is 9.55 Å². The van der Waals surface area contributed by atoms with E-state index in [1.807, 2.05) is 6.20 Å². The molecule has 1 aliphatic heterocycles. The molecule has 366 valence electrons. The maximum absolute atomic E-state index is 6.97. The minimum absolute atomic E-state index is 0.00774. The van der Waals surface area contributed by atoms with Gasteiger partial charge in [-0.1, -0.05) is 176 Å². The highest BCUT2D eigenvalue weighted by atomic mass is 16.5. The highest BCUT2D eigenvalue weighted by molar-refractivity contribution is 6.10. The Hall–Kier alpha value is -7.11. The van der Waals surface area contributed by atoms with Crippen LogP contribution in [0.5, 0.6) is 11.5 Å². The van der Waals surface area contributed by atoms with Crippen LogP contribution in [0.1, 0.15) is 130 Å². The third kappa shape index (κ3) is 9.08. The Morgan fingerprint density at radius 2 is 1.03 bits per heavy atom. The van der Waals surface area contributed by atoms with Crippen LogP contribution in [0, 0.1) is 0 Å². The number of hydrogen-bond donors (Lipinski definition) is 0. The molecule has 72 heavy (non-hydrogen) atoms. The number of ether oxygens (including phenoxy) is 1. The van der Waals surface area contributed by atoms with Crippen LogP contribution in [0.25, 0.3) is 38.8 Å². The highest BCUT2D eigenvalue weighted by Gasteiger charge is 2.35. The fraction of sp³-hybridized carbons (Fsp3) is 0.299. The highest BCUT2D eigenvalue weighted by Crippen LogP contribution is 2.51. The normalized spacial score (nSPS) is 13.6. The number of nitrogens with zero attached hydrogens (tertiary/aromatic N) is 4. The molecule has 2 aromatic heterocycles. The molecule has 7 aromatic carbocycles. The van der Waals surface area contributed by atoms with Crippen molar-refractivity contribution >= 4 is 44.6 Å². The topological polar surface area (TPSA) is 33.5 Å². The molecule has 3 heterocycles. The number of hydrogen-bond acceptors (Lipinski definition) is 4. The summed E-state index contributed by atoms with van der Waals surface area (Å²) in [6.45, 7) is 33.1. The van der Waals surface area contributed by atoms with Crippen molar-refractivity contribution in [1.29, 1.82) is 0 Å². The van der Waals surface area contributed by atoms with Crippen LogP contribution in [-0.4, -0.2) is 16.2 Å². The molecule has 5 heteroatoms. The van der Waals surface area contributed by atoms with Crippen molar-refractivity contribution in [2.24, 2.45) is 0 Å². The van der Waals surface area contributed by atoms with Crippen LogP contribution in [0.2, 0.25) is 0 Å². The third-order valence-corrected chi connectivity index (χ3v) is 15.0. The molecule has 0 amide bonds. The van der Waals surface area contributed by atoms with Crippen LogP contribution in [0.4, 0.5) is 22.7 Å². The zero-order chi connectivity index (χ0) is 51.1. The van der Waals surface area contributed by atoms with Crippen LogP contribution in [0.3, 0.4) is 0 Å². The van der Waals surface area contributed by atoms with Crippen molar-refractivity contribution in [3.63, 3.8) is 0 Å². The van der Waals surface area contributed by atoms with E-state index in [4.69, 9.17) is 9.72 Å². The summed E-state index contributed by atoms with van der Waals surface area (Å²) in [6.07, 6.45) is 1.96. The third-order valence-electron chi connectivity index (χ3n) is 15.0. The van der Waals surface area contributed by atoms with E-state index in [0.29, 0.717) is 6.67 Å². The quantitative estimate of drug-likeness (QED) is 0.152. The van der Waals surface area contributed by atoms with Gasteiger partial charge in [0.2, 0.25) is 0 Å². The van der Waals surface area contributed by atoms with E-state index in [1.54, 1.807) is 0 Å². The maximum atomic E-state index is 6.97. The minimum Gasteiger partial charge on any atom is -0.457 e. The lowest BCUT2D eigenvalue weighted by Crippen LogP contribution is -2.24. The molecule has 0 saturated carbocycles. The summed E-state index contributed by atoms with van der Waals surface area (Å²) in [5.41, 5.74) is 16.6. The van der Waals surface area contributed by atoms with Gasteiger partial charge in [0.1, 0.15) is 24.0 Å². The molecule has 0 aliphatic carbocycles. The number of benzene rings is 7. The standard InChI is InChI=1S/C67H72N4O/c1-63(2,3)47-28-31-58-55(37-47)54-30-29-53(40-59(54)71(58)62-38-48(32-33-68-62)67(13,14)46-24-19-16-20-25-46)72-52-27-21-26-50(39-52)69-43-70(61-42-57(66(10,11)12)56(41-60(61)69)65(7,8)9)51-35-45(44-22-17-15-18-23-44)34-49(36-51)64(4,5)6/h15-42H,43H2,1-14H3. The van der Waals surface area contributed by atoms with Gasteiger partial charge >= 0.3 is 0 Å². The van der Waals surface area contributed by atoms with E-state index in [0.717, 1.165) is 39.4 Å². The maximum Gasteiger partial charge on any atom is 0.137 e. The largest absolute Gasteiger partial charge is 0.457 e. The van der Waals surface area contributed by atoms with Crippen molar-refractivity contribution in [3.8, 4) is 28.4 Å². The molecule has 0 unspecified atom stereocenters. The molecule has 9 aromatic rings. The molecule has 0 N–H and O–H groups in total. The second-order valence-corrected chi connectivity index (χ2v) is 24.8. The Morgan fingerprint density at radius 3 is 1.67 bits per heavy atom. The van der Waals surface area contributed by atoms with Crippen molar-refractivity contribution < 1.29 is 4.74 Å². The first-order valence-electron chi connectivity index (χ1n) is 25.8. The summed E-state index contributed by atoms with van der Waals surface area (Å²) >= 11 is 0. The SMILES string of the molecule is CC(C)(C)c1cc(-c2ccccc2)cc(N2CN(c3cccc(Oc4ccc5c6cc(C(C)(C)C)ccc6n(-c6cc(C(C)(C)c7ccccc7)ccn6)c5c4)c3)c3cc(C(C)(C)C)c(C(C)(C)C)cc32)c1.